The van der Waals surface area contributed by atoms with E-state index < -0.39 is 11.0 Å². The van der Waals surface area contributed by atoms with Gasteiger partial charge in [-0.25, -0.2) is 0 Å². The Morgan fingerprint density at radius 3 is 2.26 bits per heavy atom. The molecule has 0 unspecified atom stereocenters. The molecule has 27 heavy (non-hydrogen) atoms. The van der Waals surface area contributed by atoms with Crippen LogP contribution in [0, 0.1) is 23.7 Å². The van der Waals surface area contributed by atoms with Crippen LogP contribution in [0.3, 0.4) is 0 Å². The van der Waals surface area contributed by atoms with Crippen molar-refractivity contribution in [3.05, 3.63) is 30.3 Å². The third-order valence-electron chi connectivity index (χ3n) is 7.11. The van der Waals surface area contributed by atoms with Crippen molar-refractivity contribution < 1.29 is 13.9 Å². The summed E-state index contributed by atoms with van der Waals surface area (Å²) < 4.78 is 24.6. The number of hydrogen-bond donors (Lipinski definition) is 3. The minimum atomic E-state index is -3.13. The molecule has 1 aromatic carbocycles. The predicted molar refractivity (Wildman–Crippen MR) is 107 cm³/mol. The van der Waals surface area contributed by atoms with E-state index in [1.54, 1.807) is 4.31 Å². The van der Waals surface area contributed by atoms with Gasteiger partial charge < -0.3 is 5.32 Å². The molecule has 0 atom stereocenters. The first kappa shape index (κ1) is 17.8. The summed E-state index contributed by atoms with van der Waals surface area (Å²) in [5.41, 5.74) is 0.779. The Morgan fingerprint density at radius 1 is 1.00 bits per heavy atom. The molecule has 1 saturated heterocycles. The molecule has 6 nitrogen and oxygen atoms in total. The first-order valence-corrected chi connectivity index (χ1v) is 11.6. The third-order valence-corrected chi connectivity index (χ3v) is 9.10. The zero-order chi connectivity index (χ0) is 18.6. The van der Waals surface area contributed by atoms with Gasteiger partial charge in [-0.2, -0.15) is 4.31 Å². The van der Waals surface area contributed by atoms with Crippen LogP contribution in [0.25, 0.3) is 0 Å². The molecule has 1 aromatic rings. The second-order valence-electron chi connectivity index (χ2n) is 8.82. The summed E-state index contributed by atoms with van der Waals surface area (Å²) in [6.07, 6.45) is 6.45. The van der Waals surface area contributed by atoms with Crippen molar-refractivity contribution in [2.24, 2.45) is 23.7 Å². The lowest BCUT2D eigenvalue weighted by Crippen LogP contribution is -2.57. The van der Waals surface area contributed by atoms with E-state index in [9.17, 15) is 13.9 Å². The maximum atomic E-state index is 12.7. The average Bonchev–Trinajstić information content (AvgIpc) is 2.92. The Balaban J connectivity index is 1.23. The normalized spacial score (nSPS) is 38.1. The summed E-state index contributed by atoms with van der Waals surface area (Å²) in [5.74, 6) is 2.95. The number of carbonyl (C=O) groups excluding carboxylic acids is 1. The number of para-hydroxylation sites is 1. The fourth-order valence-electron chi connectivity index (χ4n) is 6.17. The highest BCUT2D eigenvalue weighted by Crippen LogP contribution is 2.54. The molecule has 0 aromatic heterocycles. The van der Waals surface area contributed by atoms with E-state index in [1.807, 2.05) is 30.3 Å². The number of anilines is 1. The maximum absolute atomic E-state index is 12.7. The molecule has 1 heterocycles. The summed E-state index contributed by atoms with van der Waals surface area (Å²) >= 11 is 0. The quantitative estimate of drug-likeness (QED) is 0.734. The molecule has 4 aliphatic carbocycles. The summed E-state index contributed by atoms with van der Waals surface area (Å²) in [4.78, 5) is 12.7. The van der Waals surface area contributed by atoms with Crippen LogP contribution < -0.4 is 9.62 Å². The topological polar surface area (TPSA) is 76.0 Å². The summed E-state index contributed by atoms with van der Waals surface area (Å²) in [6, 6.07) is 9.69. The van der Waals surface area contributed by atoms with Gasteiger partial charge in [0.05, 0.1) is 18.8 Å². The molecule has 7 heteroatoms. The number of nitrogens with zero attached hydrogens (tertiary/aromatic N) is 2. The molecular weight excluding hydrogens is 362 g/mol. The SMILES string of the molecule is O=C(CN1CCN(c2ccccc2)S1(O)O)NC1C2CC3CC(C2)CC1C3. The second-order valence-corrected chi connectivity index (χ2v) is 10.8. The Labute approximate surface area is 162 Å². The van der Waals surface area contributed by atoms with E-state index in [4.69, 9.17) is 0 Å². The lowest BCUT2D eigenvalue weighted by atomic mass is 9.54. The van der Waals surface area contributed by atoms with E-state index in [0.29, 0.717) is 31.0 Å². The molecule has 0 spiro atoms. The van der Waals surface area contributed by atoms with Gasteiger partial charge in [-0.15, -0.1) is 0 Å². The van der Waals surface area contributed by atoms with Gasteiger partial charge in [0.2, 0.25) is 5.91 Å². The summed E-state index contributed by atoms with van der Waals surface area (Å²) in [5, 5.41) is 3.27. The van der Waals surface area contributed by atoms with Crippen molar-refractivity contribution in [3.8, 4) is 0 Å². The van der Waals surface area contributed by atoms with Crippen LogP contribution in [0.5, 0.6) is 0 Å². The van der Waals surface area contributed by atoms with Gasteiger partial charge in [-0.3, -0.25) is 18.2 Å². The number of benzene rings is 1. The van der Waals surface area contributed by atoms with Crippen molar-refractivity contribution in [1.82, 2.24) is 9.62 Å². The standard InChI is InChI=1S/C20H29N3O3S/c24-19(21-20-16-9-14-8-15(11-16)12-17(20)10-14)13-22-6-7-23(27(22,25)26)18-4-2-1-3-5-18/h1-5,14-17,20,25-26H,6-13H2,(H,21,24). The van der Waals surface area contributed by atoms with Crippen LogP contribution in [0.2, 0.25) is 0 Å². The van der Waals surface area contributed by atoms with Crippen LogP contribution in [0.1, 0.15) is 32.1 Å². The monoisotopic (exact) mass is 391 g/mol. The fourth-order valence-corrected chi connectivity index (χ4v) is 7.80. The van der Waals surface area contributed by atoms with Gasteiger partial charge in [-0.05, 0) is 78.9 Å². The van der Waals surface area contributed by atoms with Gasteiger partial charge in [-0.1, -0.05) is 18.2 Å². The zero-order valence-electron chi connectivity index (χ0n) is 15.5. The number of carbonyl (C=O) groups is 1. The molecule has 0 radical (unpaired) electrons. The van der Waals surface area contributed by atoms with Crippen molar-refractivity contribution in [3.63, 3.8) is 0 Å². The Kier molecular flexibility index (Phi) is 4.39. The first-order valence-electron chi connectivity index (χ1n) is 10.2. The Bertz CT molecular complexity index is 686. The van der Waals surface area contributed by atoms with Crippen LogP contribution in [-0.2, 0) is 4.79 Å². The lowest BCUT2D eigenvalue weighted by Gasteiger charge is -2.54. The van der Waals surface area contributed by atoms with Crippen molar-refractivity contribution in [2.45, 2.75) is 38.1 Å². The van der Waals surface area contributed by atoms with E-state index in [-0.39, 0.29) is 12.5 Å². The number of rotatable bonds is 4. The van der Waals surface area contributed by atoms with E-state index in [0.717, 1.165) is 17.5 Å². The summed E-state index contributed by atoms with van der Waals surface area (Å²) in [7, 11) is -3.13. The van der Waals surface area contributed by atoms with Crippen LogP contribution >= 0.6 is 11.0 Å². The molecule has 5 fully saturated rings. The summed E-state index contributed by atoms with van der Waals surface area (Å²) in [6.45, 7) is 1.04. The fraction of sp³-hybridized carbons (Fsp3) is 0.650. The van der Waals surface area contributed by atoms with Crippen LogP contribution in [0.15, 0.2) is 30.3 Å². The molecular formula is C20H29N3O3S. The molecule has 1 amide bonds. The van der Waals surface area contributed by atoms with Gasteiger partial charge >= 0.3 is 0 Å². The molecule has 4 bridgehead atoms. The van der Waals surface area contributed by atoms with E-state index in [2.05, 4.69) is 5.32 Å². The molecule has 3 N–H and O–H groups in total. The second kappa shape index (κ2) is 6.65. The van der Waals surface area contributed by atoms with Gasteiger partial charge in [0, 0.05) is 12.6 Å². The minimum Gasteiger partial charge on any atom is -0.352 e. The van der Waals surface area contributed by atoms with Gasteiger partial charge in [0.1, 0.15) is 0 Å². The van der Waals surface area contributed by atoms with Crippen molar-refractivity contribution in [1.29, 1.82) is 0 Å². The molecule has 148 valence electrons. The number of hydrogen-bond acceptors (Lipinski definition) is 5. The average molecular weight is 392 g/mol. The van der Waals surface area contributed by atoms with Crippen molar-refractivity contribution in [2.75, 3.05) is 23.9 Å². The number of nitrogens with one attached hydrogen (secondary N) is 1. The molecule has 5 aliphatic rings. The van der Waals surface area contributed by atoms with Crippen LogP contribution in [-0.4, -0.2) is 45.0 Å². The van der Waals surface area contributed by atoms with Gasteiger partial charge in [0.15, 0.2) is 0 Å². The zero-order valence-corrected chi connectivity index (χ0v) is 16.4. The van der Waals surface area contributed by atoms with E-state index in [1.165, 1.54) is 36.4 Å². The smallest absolute Gasteiger partial charge is 0.236 e. The molecule has 4 saturated carbocycles. The largest absolute Gasteiger partial charge is 0.352 e. The van der Waals surface area contributed by atoms with E-state index >= 15 is 0 Å². The Morgan fingerprint density at radius 2 is 1.63 bits per heavy atom. The predicted octanol–water partition coefficient (Wildman–Crippen LogP) is 3.33. The third kappa shape index (κ3) is 3.14. The highest BCUT2D eigenvalue weighted by molar-refractivity contribution is 8.23. The molecule has 6 rings (SSSR count). The maximum Gasteiger partial charge on any atom is 0.236 e. The molecule has 1 aliphatic heterocycles. The first-order chi connectivity index (χ1) is 13.0. The lowest BCUT2D eigenvalue weighted by molar-refractivity contribution is -0.125. The minimum absolute atomic E-state index is 0.0501. The number of amides is 1. The van der Waals surface area contributed by atoms with Gasteiger partial charge in [0.25, 0.3) is 0 Å². The van der Waals surface area contributed by atoms with Crippen molar-refractivity contribution >= 4 is 22.6 Å². The Hall–Kier alpha value is -1.28. The van der Waals surface area contributed by atoms with Crippen LogP contribution in [0.4, 0.5) is 5.69 Å². The highest BCUT2D eigenvalue weighted by Gasteiger charge is 2.49. The highest BCUT2D eigenvalue weighted by atomic mass is 32.3.